The van der Waals surface area contributed by atoms with Gasteiger partial charge >= 0.3 is 0 Å². The molecule has 60 heavy (non-hydrogen) atoms. The molecule has 4 aliphatic heterocycles. The normalized spacial score (nSPS) is 18.7. The number of hydrogen-bond acceptors (Lipinski definition) is 9. The molecule has 0 spiro atoms. The van der Waals surface area contributed by atoms with Crippen LogP contribution in [-0.4, -0.2) is 114 Å². The van der Waals surface area contributed by atoms with Crippen LogP contribution in [0, 0.1) is 17.8 Å². The van der Waals surface area contributed by atoms with Crippen LogP contribution in [0.15, 0.2) is 73.1 Å². The molecule has 1 atom stereocenters. The Morgan fingerprint density at radius 1 is 0.850 bits per heavy atom. The summed E-state index contributed by atoms with van der Waals surface area (Å²) in [7, 11) is 0. The first-order valence-corrected chi connectivity index (χ1v) is 21.3. The molecule has 0 radical (unpaired) electrons. The topological polar surface area (TPSA) is 152 Å². The standard InChI is InChI=1S/C47H53N7O6/c55-41(20-14-35-10-8-24-48-33-35)49-25-5-4-9-34-22-27-53(28-23-34)45(58)37-15-17-38(18-16-37)52-31-29-51(30-32-52)26-6-2-1-3-11-36-12-7-13-39-43(36)47(60)54(46(39)59)40-19-21-42(56)50-44(40)57/h7-8,10,12-18,20,24,33-34,40H,1-2,4-6,9,19,21-23,25-32H2,(H,49,55)(H,50,56,57)/b20-14+. The summed E-state index contributed by atoms with van der Waals surface area (Å²) in [5.41, 5.74) is 3.71. The van der Waals surface area contributed by atoms with Crippen LogP contribution in [0.4, 0.5) is 5.69 Å². The summed E-state index contributed by atoms with van der Waals surface area (Å²) in [6.45, 7) is 6.92. The number of carbonyl (C=O) groups is 6. The van der Waals surface area contributed by atoms with Gasteiger partial charge in [-0.2, -0.15) is 0 Å². The second-order valence-electron chi connectivity index (χ2n) is 16.0. The van der Waals surface area contributed by atoms with E-state index in [0.717, 1.165) is 112 Å². The molecule has 5 heterocycles. The highest BCUT2D eigenvalue weighted by atomic mass is 16.2. The fraction of sp³-hybridized carbons (Fsp3) is 0.426. The lowest BCUT2D eigenvalue weighted by Crippen LogP contribution is -2.54. The van der Waals surface area contributed by atoms with Crippen LogP contribution in [0.5, 0.6) is 0 Å². The quantitative estimate of drug-likeness (QED) is 0.102. The molecule has 13 heteroatoms. The van der Waals surface area contributed by atoms with Gasteiger partial charge in [-0.05, 0) is 105 Å². The SMILES string of the molecule is O=C(/C=C/c1cccnc1)NCCCCC1CCN(C(=O)c2ccc(N3CCN(CCCCC#Cc4cccc5c4C(=O)N(C4CCC(=O)NC4=O)C5=O)CC3)cc2)CC1. The number of fused-ring (bicyclic) bond motifs is 1. The number of piperidine rings is 2. The van der Waals surface area contributed by atoms with Gasteiger partial charge in [0, 0.05) is 93.9 Å². The predicted molar refractivity (Wildman–Crippen MR) is 228 cm³/mol. The molecule has 13 nitrogen and oxygen atoms in total. The Kier molecular flexibility index (Phi) is 14.2. The van der Waals surface area contributed by atoms with E-state index in [9.17, 15) is 28.8 Å². The van der Waals surface area contributed by atoms with Crippen molar-refractivity contribution in [2.75, 3.05) is 57.3 Å². The highest BCUT2D eigenvalue weighted by Gasteiger charge is 2.45. The van der Waals surface area contributed by atoms with Gasteiger partial charge in [0.15, 0.2) is 0 Å². The third kappa shape index (κ3) is 10.5. The molecule has 2 aromatic carbocycles. The number of benzene rings is 2. The van der Waals surface area contributed by atoms with Gasteiger partial charge in [-0.3, -0.25) is 48.9 Å². The van der Waals surface area contributed by atoms with Crippen molar-refractivity contribution in [1.29, 1.82) is 0 Å². The highest BCUT2D eigenvalue weighted by Crippen LogP contribution is 2.30. The molecule has 3 fully saturated rings. The van der Waals surface area contributed by atoms with Crippen LogP contribution in [0.1, 0.15) is 106 Å². The van der Waals surface area contributed by atoms with Crippen molar-refractivity contribution in [2.45, 2.75) is 70.3 Å². The van der Waals surface area contributed by atoms with Crippen molar-refractivity contribution in [3.63, 3.8) is 0 Å². The average Bonchev–Trinajstić information content (AvgIpc) is 3.53. The Hall–Kier alpha value is -6.13. The van der Waals surface area contributed by atoms with Gasteiger partial charge in [-0.15, -0.1) is 0 Å². The van der Waals surface area contributed by atoms with Gasteiger partial charge < -0.3 is 15.1 Å². The second kappa shape index (κ2) is 20.2. The molecule has 6 amide bonds. The zero-order chi connectivity index (χ0) is 41.8. The number of aromatic nitrogens is 1. The number of anilines is 1. The number of unbranched alkanes of at least 4 members (excludes halogenated alkanes) is 3. The van der Waals surface area contributed by atoms with E-state index in [2.05, 4.69) is 49.4 Å². The maximum Gasteiger partial charge on any atom is 0.263 e. The number of carbonyl (C=O) groups excluding carboxylic acids is 6. The number of hydrogen-bond donors (Lipinski definition) is 2. The first kappa shape index (κ1) is 42.0. The van der Waals surface area contributed by atoms with E-state index in [0.29, 0.717) is 24.4 Å². The van der Waals surface area contributed by atoms with Crippen molar-refractivity contribution in [1.82, 2.24) is 30.3 Å². The monoisotopic (exact) mass is 811 g/mol. The summed E-state index contributed by atoms with van der Waals surface area (Å²) >= 11 is 0. The second-order valence-corrected chi connectivity index (χ2v) is 16.0. The molecule has 1 aromatic heterocycles. The van der Waals surface area contributed by atoms with Crippen LogP contribution in [-0.2, 0) is 14.4 Å². The number of rotatable bonds is 14. The first-order valence-electron chi connectivity index (χ1n) is 21.3. The van der Waals surface area contributed by atoms with Crippen LogP contribution in [0.3, 0.4) is 0 Å². The van der Waals surface area contributed by atoms with Crippen LogP contribution < -0.4 is 15.5 Å². The average molecular weight is 812 g/mol. The zero-order valence-corrected chi connectivity index (χ0v) is 34.1. The van der Waals surface area contributed by atoms with Gasteiger partial charge in [0.05, 0.1) is 11.1 Å². The van der Waals surface area contributed by atoms with Crippen LogP contribution >= 0.6 is 0 Å². The minimum Gasteiger partial charge on any atom is -0.369 e. The number of imide groups is 2. The summed E-state index contributed by atoms with van der Waals surface area (Å²) in [6, 6.07) is 15.8. The van der Waals surface area contributed by atoms with Gasteiger partial charge in [-0.1, -0.05) is 36.8 Å². The Labute approximate surface area is 351 Å². The minimum absolute atomic E-state index is 0.0759. The van der Waals surface area contributed by atoms with Gasteiger partial charge in [0.25, 0.3) is 17.7 Å². The highest BCUT2D eigenvalue weighted by molar-refractivity contribution is 6.24. The molecule has 3 saturated heterocycles. The van der Waals surface area contributed by atoms with E-state index in [4.69, 9.17) is 0 Å². The summed E-state index contributed by atoms with van der Waals surface area (Å²) in [5.74, 6) is 4.78. The number of likely N-dealkylation sites (tertiary alicyclic amines) is 1. The Balaban J connectivity index is 0.763. The van der Waals surface area contributed by atoms with Gasteiger partial charge in [0.2, 0.25) is 17.7 Å². The van der Waals surface area contributed by atoms with E-state index < -0.39 is 29.7 Å². The van der Waals surface area contributed by atoms with Crippen LogP contribution in [0.2, 0.25) is 0 Å². The molecule has 2 N–H and O–H groups in total. The third-order valence-corrected chi connectivity index (χ3v) is 11.9. The lowest BCUT2D eigenvalue weighted by Gasteiger charge is -2.36. The number of amides is 6. The smallest absolute Gasteiger partial charge is 0.263 e. The Morgan fingerprint density at radius 3 is 2.40 bits per heavy atom. The van der Waals surface area contributed by atoms with Crippen LogP contribution in [0.25, 0.3) is 6.08 Å². The van der Waals surface area contributed by atoms with Crippen molar-refractivity contribution >= 4 is 47.2 Å². The summed E-state index contributed by atoms with van der Waals surface area (Å²) < 4.78 is 0. The van der Waals surface area contributed by atoms with Crippen molar-refractivity contribution < 1.29 is 28.8 Å². The maximum absolute atomic E-state index is 13.3. The fourth-order valence-electron chi connectivity index (χ4n) is 8.45. The first-order chi connectivity index (χ1) is 29.2. The predicted octanol–water partition coefficient (Wildman–Crippen LogP) is 4.68. The lowest BCUT2D eigenvalue weighted by atomic mass is 9.91. The molecular formula is C47H53N7O6. The molecule has 1 unspecified atom stereocenters. The summed E-state index contributed by atoms with van der Waals surface area (Å²) in [5, 5.41) is 5.18. The van der Waals surface area contributed by atoms with E-state index in [1.807, 2.05) is 29.2 Å². The van der Waals surface area contributed by atoms with Gasteiger partial charge in [0.1, 0.15) is 6.04 Å². The number of piperazine rings is 1. The molecule has 0 aliphatic carbocycles. The summed E-state index contributed by atoms with van der Waals surface area (Å²) in [4.78, 5) is 87.7. The fourth-order valence-corrected chi connectivity index (χ4v) is 8.45. The van der Waals surface area contributed by atoms with E-state index in [1.54, 1.807) is 42.7 Å². The van der Waals surface area contributed by atoms with Crippen molar-refractivity contribution in [3.05, 3.63) is 101 Å². The van der Waals surface area contributed by atoms with Crippen molar-refractivity contribution in [2.24, 2.45) is 5.92 Å². The van der Waals surface area contributed by atoms with E-state index in [1.165, 1.54) is 0 Å². The molecular weight excluding hydrogens is 759 g/mol. The van der Waals surface area contributed by atoms with Gasteiger partial charge in [-0.25, -0.2) is 0 Å². The molecule has 7 rings (SSSR count). The molecule has 0 saturated carbocycles. The molecule has 4 aliphatic rings. The number of nitrogens with zero attached hydrogens (tertiary/aromatic N) is 5. The largest absolute Gasteiger partial charge is 0.369 e. The Morgan fingerprint density at radius 2 is 1.65 bits per heavy atom. The third-order valence-electron chi connectivity index (χ3n) is 11.9. The van der Waals surface area contributed by atoms with E-state index >= 15 is 0 Å². The van der Waals surface area contributed by atoms with Crippen molar-refractivity contribution in [3.8, 4) is 11.8 Å². The molecule has 3 aromatic rings. The number of nitrogens with one attached hydrogen (secondary N) is 2. The molecule has 0 bridgehead atoms. The maximum atomic E-state index is 13.3. The summed E-state index contributed by atoms with van der Waals surface area (Å²) in [6.07, 6.45) is 14.6. The lowest BCUT2D eigenvalue weighted by molar-refractivity contribution is -0.136. The zero-order valence-electron chi connectivity index (χ0n) is 34.1. The Bertz CT molecular complexity index is 2150. The van der Waals surface area contributed by atoms with E-state index in [-0.39, 0.29) is 35.8 Å². The number of pyridine rings is 1. The minimum atomic E-state index is -1.00. The molecule has 312 valence electrons.